The highest BCUT2D eigenvalue weighted by atomic mass is 32.1. The number of ether oxygens (including phenoxy) is 1. The fourth-order valence-electron chi connectivity index (χ4n) is 2.97. The molecule has 1 aromatic carbocycles. The van der Waals surface area contributed by atoms with Crippen LogP contribution in [-0.2, 0) is 4.74 Å². The van der Waals surface area contributed by atoms with Crippen LogP contribution in [0.5, 0.6) is 0 Å². The first kappa shape index (κ1) is 19.8. The van der Waals surface area contributed by atoms with E-state index in [1.54, 1.807) is 11.3 Å². The molecule has 2 nitrogen and oxygen atoms in total. The lowest BCUT2D eigenvalue weighted by Gasteiger charge is -2.03. The van der Waals surface area contributed by atoms with E-state index in [0.717, 1.165) is 17.7 Å². The van der Waals surface area contributed by atoms with Gasteiger partial charge in [0.1, 0.15) is 4.88 Å². The van der Waals surface area contributed by atoms with Crippen molar-refractivity contribution in [2.24, 2.45) is 0 Å². The van der Waals surface area contributed by atoms with E-state index in [0.29, 0.717) is 11.5 Å². The maximum absolute atomic E-state index is 12.2. The average Bonchev–Trinajstić information content (AvgIpc) is 3.32. The topological polar surface area (TPSA) is 26.3 Å². The van der Waals surface area contributed by atoms with Crippen LogP contribution in [0.25, 0.3) is 22.2 Å². The molecular formula is C23H26O2S2. The van der Waals surface area contributed by atoms with Crippen LogP contribution in [0, 0.1) is 0 Å². The number of carbonyl (C=O) groups is 1. The van der Waals surface area contributed by atoms with E-state index < -0.39 is 0 Å². The van der Waals surface area contributed by atoms with Crippen LogP contribution in [0.1, 0.15) is 65.6 Å². The van der Waals surface area contributed by atoms with Gasteiger partial charge in [-0.05, 0) is 47.0 Å². The lowest BCUT2D eigenvalue weighted by atomic mass is 10.1. The van der Waals surface area contributed by atoms with E-state index in [2.05, 4.69) is 48.7 Å². The smallest absolute Gasteiger partial charge is 0.348 e. The van der Waals surface area contributed by atoms with Crippen LogP contribution in [0.4, 0.5) is 0 Å². The second-order valence-corrected chi connectivity index (χ2v) is 8.65. The predicted molar refractivity (Wildman–Crippen MR) is 119 cm³/mol. The van der Waals surface area contributed by atoms with Crippen molar-refractivity contribution in [2.75, 3.05) is 6.61 Å². The number of unbranched alkanes of at least 4 members (excludes halogenated alkanes) is 5. The molecule has 0 saturated carbocycles. The van der Waals surface area contributed by atoms with E-state index in [4.69, 9.17) is 4.74 Å². The van der Waals surface area contributed by atoms with Crippen molar-refractivity contribution in [3.05, 3.63) is 57.1 Å². The largest absolute Gasteiger partial charge is 0.462 e. The van der Waals surface area contributed by atoms with Crippen molar-refractivity contribution in [2.45, 2.75) is 45.4 Å². The van der Waals surface area contributed by atoms with Gasteiger partial charge in [-0.3, -0.25) is 0 Å². The van der Waals surface area contributed by atoms with Gasteiger partial charge in [-0.25, -0.2) is 4.79 Å². The molecule has 0 aliphatic carbocycles. The molecule has 0 amide bonds. The number of hydrogen-bond donors (Lipinski definition) is 0. The zero-order chi connectivity index (χ0) is 18.9. The second-order valence-electron chi connectivity index (χ2n) is 6.63. The molecule has 2 aromatic heterocycles. The Morgan fingerprint density at radius 1 is 1.00 bits per heavy atom. The molecule has 0 aliphatic rings. The van der Waals surface area contributed by atoms with Crippen molar-refractivity contribution in [3.63, 3.8) is 0 Å². The molecule has 0 spiro atoms. The summed E-state index contributed by atoms with van der Waals surface area (Å²) in [5.41, 5.74) is 1.22. The van der Waals surface area contributed by atoms with E-state index >= 15 is 0 Å². The summed E-state index contributed by atoms with van der Waals surface area (Å²) in [5.74, 6) is -0.200. The van der Waals surface area contributed by atoms with E-state index in [9.17, 15) is 4.79 Å². The Balaban J connectivity index is 1.48. The highest BCUT2D eigenvalue weighted by Crippen LogP contribution is 2.28. The van der Waals surface area contributed by atoms with Crippen LogP contribution in [-0.4, -0.2) is 12.6 Å². The van der Waals surface area contributed by atoms with Gasteiger partial charge in [-0.1, -0.05) is 63.3 Å². The Labute approximate surface area is 169 Å². The van der Waals surface area contributed by atoms with Crippen LogP contribution >= 0.6 is 22.7 Å². The lowest BCUT2D eigenvalue weighted by molar-refractivity contribution is 0.0503. The van der Waals surface area contributed by atoms with Crippen LogP contribution in [0.2, 0.25) is 0 Å². The third-order valence-corrected chi connectivity index (χ3v) is 6.51. The molecule has 0 N–H and O–H groups in total. The summed E-state index contributed by atoms with van der Waals surface area (Å²) in [6.07, 6.45) is 11.4. The molecule has 0 bridgehead atoms. The molecular weight excluding hydrogens is 372 g/mol. The Morgan fingerprint density at radius 3 is 2.70 bits per heavy atom. The first-order valence-corrected chi connectivity index (χ1v) is 11.4. The Kier molecular flexibility index (Phi) is 7.66. The second kappa shape index (κ2) is 10.4. The van der Waals surface area contributed by atoms with Gasteiger partial charge in [0.25, 0.3) is 0 Å². The SMILES string of the molecule is CCCCCCCCOC(=O)c1ccc(C=Cc2csc3ccccc23)s1. The Morgan fingerprint density at radius 2 is 1.81 bits per heavy atom. The van der Waals surface area contributed by atoms with Gasteiger partial charge in [0, 0.05) is 9.58 Å². The minimum Gasteiger partial charge on any atom is -0.462 e. The van der Waals surface area contributed by atoms with Gasteiger partial charge in [-0.2, -0.15) is 0 Å². The van der Waals surface area contributed by atoms with Crippen LogP contribution in [0.3, 0.4) is 0 Å². The van der Waals surface area contributed by atoms with Crippen molar-refractivity contribution < 1.29 is 9.53 Å². The summed E-state index contributed by atoms with van der Waals surface area (Å²) < 4.78 is 6.70. The maximum Gasteiger partial charge on any atom is 0.348 e. The minimum atomic E-state index is -0.200. The van der Waals surface area contributed by atoms with E-state index in [1.807, 2.05) is 12.1 Å². The number of rotatable bonds is 10. The van der Waals surface area contributed by atoms with Crippen LogP contribution in [0.15, 0.2) is 41.8 Å². The molecule has 0 fully saturated rings. The average molecular weight is 399 g/mol. The molecule has 0 radical (unpaired) electrons. The molecule has 3 rings (SSSR count). The zero-order valence-corrected chi connectivity index (χ0v) is 17.4. The maximum atomic E-state index is 12.2. The summed E-state index contributed by atoms with van der Waals surface area (Å²) in [6.45, 7) is 2.74. The van der Waals surface area contributed by atoms with Gasteiger partial charge in [0.2, 0.25) is 0 Å². The van der Waals surface area contributed by atoms with Gasteiger partial charge in [0.05, 0.1) is 6.61 Å². The summed E-state index contributed by atoms with van der Waals surface area (Å²) in [6, 6.07) is 12.3. The number of carbonyl (C=O) groups excluding carboxylic acids is 1. The monoisotopic (exact) mass is 398 g/mol. The predicted octanol–water partition coefficient (Wildman–Crippen LogP) is 7.65. The summed E-state index contributed by atoms with van der Waals surface area (Å²) in [7, 11) is 0. The van der Waals surface area contributed by atoms with Crippen molar-refractivity contribution >= 4 is 50.9 Å². The van der Waals surface area contributed by atoms with Gasteiger partial charge in [-0.15, -0.1) is 22.7 Å². The molecule has 0 saturated heterocycles. The Hall–Kier alpha value is -1.91. The van der Waals surface area contributed by atoms with Gasteiger partial charge in [0.15, 0.2) is 0 Å². The molecule has 142 valence electrons. The van der Waals surface area contributed by atoms with E-state index in [1.165, 1.54) is 52.7 Å². The molecule has 3 aromatic rings. The molecule has 0 atom stereocenters. The van der Waals surface area contributed by atoms with Crippen molar-refractivity contribution in [1.29, 1.82) is 0 Å². The lowest BCUT2D eigenvalue weighted by Crippen LogP contribution is -2.04. The standard InChI is InChI=1S/C23H26O2S2/c1-2-3-4-5-6-9-16-25-23(24)22-15-14-19(27-22)13-12-18-17-26-21-11-8-7-10-20(18)21/h7-8,10-15,17H,2-6,9,16H2,1H3. The highest BCUT2D eigenvalue weighted by Gasteiger charge is 2.09. The summed E-state index contributed by atoms with van der Waals surface area (Å²) in [5, 5.41) is 3.44. The molecule has 4 heteroatoms. The number of esters is 1. The fraction of sp³-hybridized carbons (Fsp3) is 0.348. The molecule has 2 heterocycles. The summed E-state index contributed by atoms with van der Waals surface area (Å²) in [4.78, 5) is 13.9. The van der Waals surface area contributed by atoms with Crippen molar-refractivity contribution in [1.82, 2.24) is 0 Å². The minimum absolute atomic E-state index is 0.200. The Bertz CT molecular complexity index is 889. The van der Waals surface area contributed by atoms with Crippen LogP contribution < -0.4 is 0 Å². The third-order valence-electron chi connectivity index (χ3n) is 4.50. The number of thiophene rings is 2. The molecule has 0 unspecified atom stereocenters. The van der Waals surface area contributed by atoms with Crippen molar-refractivity contribution in [3.8, 4) is 0 Å². The zero-order valence-electron chi connectivity index (χ0n) is 15.8. The molecule has 27 heavy (non-hydrogen) atoms. The molecule has 0 aliphatic heterocycles. The van der Waals surface area contributed by atoms with Gasteiger partial charge >= 0.3 is 5.97 Å². The quantitative estimate of drug-likeness (QED) is 0.259. The number of benzene rings is 1. The van der Waals surface area contributed by atoms with Gasteiger partial charge < -0.3 is 4.74 Å². The first-order valence-electron chi connectivity index (χ1n) is 9.69. The normalized spacial score (nSPS) is 11.4. The first-order chi connectivity index (χ1) is 13.3. The third kappa shape index (κ3) is 5.78. The highest BCUT2D eigenvalue weighted by molar-refractivity contribution is 7.17. The summed E-state index contributed by atoms with van der Waals surface area (Å²) >= 11 is 3.24. The van der Waals surface area contributed by atoms with E-state index in [-0.39, 0.29) is 5.97 Å². The fourth-order valence-corrected chi connectivity index (χ4v) is 4.70. The number of hydrogen-bond acceptors (Lipinski definition) is 4. The number of fused-ring (bicyclic) bond motifs is 1.